The highest BCUT2D eigenvalue weighted by Crippen LogP contribution is 2.28. The Hall–Kier alpha value is -1.88. The molecule has 0 bridgehead atoms. The number of fused-ring (bicyclic) bond motifs is 1. The van der Waals surface area contributed by atoms with Gasteiger partial charge in [-0.05, 0) is 65.6 Å². The van der Waals surface area contributed by atoms with Gasteiger partial charge in [-0.25, -0.2) is 0 Å². The number of amides is 1. The van der Waals surface area contributed by atoms with Gasteiger partial charge in [0, 0.05) is 23.6 Å². The van der Waals surface area contributed by atoms with E-state index in [9.17, 15) is 9.59 Å². The zero-order valence-electron chi connectivity index (χ0n) is 16.5. The Bertz CT molecular complexity index is 924. The van der Waals surface area contributed by atoms with Crippen LogP contribution >= 0.6 is 15.9 Å². The van der Waals surface area contributed by atoms with Gasteiger partial charge in [-0.1, -0.05) is 39.0 Å². The number of rotatable bonds is 4. The average molecular weight is 431 g/mol. The molecule has 1 amide bonds. The molecule has 0 fully saturated rings. The molecule has 3 rings (SSSR count). The van der Waals surface area contributed by atoms with Crippen LogP contribution < -0.4 is 10.7 Å². The molecule has 1 unspecified atom stereocenters. The molecule has 1 aromatic carbocycles. The Balaban J connectivity index is 2.12. The third kappa shape index (κ3) is 3.62. The summed E-state index contributed by atoms with van der Waals surface area (Å²) in [6.07, 6.45) is 3.47. The Morgan fingerprint density at radius 3 is 2.48 bits per heavy atom. The summed E-state index contributed by atoms with van der Waals surface area (Å²) in [7, 11) is 0. The van der Waals surface area contributed by atoms with Crippen molar-refractivity contribution in [1.82, 2.24) is 4.57 Å². The van der Waals surface area contributed by atoms with Gasteiger partial charge in [-0.3, -0.25) is 9.59 Å². The van der Waals surface area contributed by atoms with Crippen LogP contribution in [0.15, 0.2) is 27.5 Å². The van der Waals surface area contributed by atoms with Crippen LogP contribution in [0.4, 0.5) is 5.69 Å². The van der Waals surface area contributed by atoms with E-state index in [0.29, 0.717) is 10.4 Å². The van der Waals surface area contributed by atoms with Crippen LogP contribution in [0.5, 0.6) is 0 Å². The smallest absolute Gasteiger partial charge is 0.261 e. The number of benzene rings is 1. The van der Waals surface area contributed by atoms with Crippen LogP contribution in [0.2, 0.25) is 0 Å². The van der Waals surface area contributed by atoms with Gasteiger partial charge in [0.1, 0.15) is 5.56 Å². The number of aryl methyl sites for hydroxylation is 2. The number of nitrogens with zero attached hydrogens (tertiary/aromatic N) is 1. The summed E-state index contributed by atoms with van der Waals surface area (Å²) in [4.78, 5) is 26.3. The molecule has 144 valence electrons. The fourth-order valence-corrected chi connectivity index (χ4v) is 4.38. The van der Waals surface area contributed by atoms with E-state index >= 15 is 0 Å². The molecule has 27 heavy (non-hydrogen) atoms. The average Bonchev–Trinajstić information content (AvgIpc) is 2.66. The van der Waals surface area contributed by atoms with Gasteiger partial charge >= 0.3 is 0 Å². The zero-order valence-corrected chi connectivity index (χ0v) is 18.1. The van der Waals surface area contributed by atoms with Crippen molar-refractivity contribution >= 4 is 27.5 Å². The first-order valence-electron chi connectivity index (χ1n) is 9.72. The molecule has 1 atom stereocenters. The molecule has 0 spiro atoms. The van der Waals surface area contributed by atoms with Crippen molar-refractivity contribution in [3.8, 4) is 0 Å². The van der Waals surface area contributed by atoms with E-state index in [1.54, 1.807) is 0 Å². The van der Waals surface area contributed by atoms with Crippen molar-refractivity contribution < 1.29 is 4.79 Å². The lowest BCUT2D eigenvalue weighted by Gasteiger charge is -2.28. The van der Waals surface area contributed by atoms with E-state index in [1.165, 1.54) is 0 Å². The monoisotopic (exact) mass is 430 g/mol. The third-order valence-electron chi connectivity index (χ3n) is 5.62. The molecule has 0 radical (unpaired) electrons. The summed E-state index contributed by atoms with van der Waals surface area (Å²) in [6, 6.07) is 6.09. The van der Waals surface area contributed by atoms with Crippen LogP contribution in [-0.4, -0.2) is 10.5 Å². The minimum Gasteiger partial charge on any atom is -0.347 e. The molecule has 2 aromatic rings. The van der Waals surface area contributed by atoms with Crippen LogP contribution in [0.1, 0.15) is 60.1 Å². The van der Waals surface area contributed by atoms with Crippen molar-refractivity contribution in [2.75, 3.05) is 5.32 Å². The molecule has 2 heterocycles. The highest BCUT2D eigenvalue weighted by atomic mass is 79.9. The predicted octanol–water partition coefficient (Wildman–Crippen LogP) is 4.88. The van der Waals surface area contributed by atoms with Crippen molar-refractivity contribution in [3.63, 3.8) is 0 Å². The van der Waals surface area contributed by atoms with E-state index in [1.807, 2.05) is 25.1 Å². The lowest BCUT2D eigenvalue weighted by atomic mass is 9.93. The van der Waals surface area contributed by atoms with Crippen LogP contribution in [0.3, 0.4) is 0 Å². The van der Waals surface area contributed by atoms with Gasteiger partial charge in [-0.15, -0.1) is 0 Å². The number of anilines is 1. The number of para-hydroxylation sites is 1. The van der Waals surface area contributed by atoms with Crippen LogP contribution in [0, 0.1) is 12.8 Å². The second-order valence-electron chi connectivity index (χ2n) is 7.41. The van der Waals surface area contributed by atoms with Gasteiger partial charge in [0.2, 0.25) is 5.43 Å². The number of aromatic nitrogens is 1. The van der Waals surface area contributed by atoms with Crippen molar-refractivity contribution in [2.45, 2.75) is 59.9 Å². The molecule has 1 N–H and O–H groups in total. The highest BCUT2D eigenvalue weighted by Gasteiger charge is 2.27. The summed E-state index contributed by atoms with van der Waals surface area (Å²) in [5, 5.41) is 3.08. The minimum atomic E-state index is -0.297. The number of carbonyl (C=O) groups excluding carboxylic acids is 1. The largest absolute Gasteiger partial charge is 0.347 e. The lowest BCUT2D eigenvalue weighted by molar-refractivity contribution is 0.102. The van der Waals surface area contributed by atoms with Crippen molar-refractivity contribution in [2.24, 2.45) is 5.92 Å². The van der Waals surface area contributed by atoms with E-state index in [0.717, 1.165) is 60.4 Å². The minimum absolute atomic E-state index is 0.211. The maximum Gasteiger partial charge on any atom is 0.261 e. The summed E-state index contributed by atoms with van der Waals surface area (Å²) in [5.41, 5.74) is 4.88. The Kier molecular flexibility index (Phi) is 5.89. The molecule has 1 aliphatic rings. The van der Waals surface area contributed by atoms with Gasteiger partial charge in [0.15, 0.2) is 0 Å². The molecular formula is C22H27BrN2O2. The quantitative estimate of drug-likeness (QED) is 0.751. The molecule has 1 aromatic heterocycles. The molecular weight excluding hydrogens is 404 g/mol. The van der Waals surface area contributed by atoms with E-state index in [4.69, 9.17) is 0 Å². The number of hydrogen-bond acceptors (Lipinski definition) is 2. The summed E-state index contributed by atoms with van der Waals surface area (Å²) in [5.74, 6) is 0.166. The second kappa shape index (κ2) is 8.01. The van der Waals surface area contributed by atoms with Gasteiger partial charge < -0.3 is 9.88 Å². The number of hydrogen-bond donors (Lipinski definition) is 1. The number of pyridine rings is 1. The maximum atomic E-state index is 13.3. The van der Waals surface area contributed by atoms with Crippen LogP contribution in [-0.2, 0) is 25.8 Å². The second-order valence-corrected chi connectivity index (χ2v) is 8.21. The van der Waals surface area contributed by atoms with Crippen molar-refractivity contribution in [1.29, 1.82) is 0 Å². The fraction of sp³-hybridized carbons (Fsp3) is 0.455. The first-order chi connectivity index (χ1) is 12.9. The summed E-state index contributed by atoms with van der Waals surface area (Å²) >= 11 is 3.42. The fourth-order valence-electron chi connectivity index (χ4n) is 3.97. The highest BCUT2D eigenvalue weighted by molar-refractivity contribution is 9.10. The van der Waals surface area contributed by atoms with Gasteiger partial charge in [0.25, 0.3) is 5.91 Å². The molecule has 4 nitrogen and oxygen atoms in total. The van der Waals surface area contributed by atoms with Gasteiger partial charge in [-0.2, -0.15) is 0 Å². The lowest BCUT2D eigenvalue weighted by Crippen LogP contribution is -2.33. The topological polar surface area (TPSA) is 51.1 Å². The zero-order chi connectivity index (χ0) is 19.7. The first-order valence-corrected chi connectivity index (χ1v) is 10.5. The molecule has 0 aliphatic carbocycles. The molecule has 0 saturated heterocycles. The standard InChI is InChI=1S/C22H27BrN2O2/c1-5-15-8-7-9-16(6-2)20(15)24-22(27)18-17-12-13(3)10-11-25(17)14(4)19(23)21(18)26/h7-9,13H,5-6,10-12H2,1-4H3,(H,24,27). The van der Waals surface area contributed by atoms with E-state index in [-0.39, 0.29) is 16.9 Å². The third-order valence-corrected chi connectivity index (χ3v) is 6.55. The van der Waals surface area contributed by atoms with Crippen LogP contribution in [0.25, 0.3) is 0 Å². The Labute approximate surface area is 169 Å². The normalized spacial score (nSPS) is 16.1. The maximum absolute atomic E-state index is 13.3. The molecule has 1 aliphatic heterocycles. The van der Waals surface area contributed by atoms with E-state index < -0.39 is 0 Å². The Morgan fingerprint density at radius 1 is 1.26 bits per heavy atom. The predicted molar refractivity (Wildman–Crippen MR) is 114 cm³/mol. The molecule has 0 saturated carbocycles. The summed E-state index contributed by atoms with van der Waals surface area (Å²) in [6.45, 7) is 9.10. The molecule has 5 heteroatoms. The summed E-state index contributed by atoms with van der Waals surface area (Å²) < 4.78 is 2.62. The van der Waals surface area contributed by atoms with E-state index in [2.05, 4.69) is 46.6 Å². The van der Waals surface area contributed by atoms with Gasteiger partial charge in [0.05, 0.1) is 4.47 Å². The number of nitrogens with one attached hydrogen (secondary N) is 1. The number of halogens is 1. The first kappa shape index (κ1) is 19.9. The SMILES string of the molecule is CCc1cccc(CC)c1NC(=O)c1c2n(c(C)c(Br)c1=O)CCC(C)C2. The Morgan fingerprint density at radius 2 is 1.89 bits per heavy atom. The number of carbonyl (C=O) groups is 1. The van der Waals surface area contributed by atoms with Crippen molar-refractivity contribution in [3.05, 3.63) is 61.0 Å².